The minimum atomic E-state index is -1.01. The molecule has 1 amide bonds. The average molecular weight is 476 g/mol. The van der Waals surface area contributed by atoms with Crippen molar-refractivity contribution in [3.05, 3.63) is 77.5 Å². The lowest BCUT2D eigenvalue weighted by atomic mass is 9.92. The van der Waals surface area contributed by atoms with Gasteiger partial charge in [-0.15, -0.1) is 0 Å². The maximum absolute atomic E-state index is 12.2. The van der Waals surface area contributed by atoms with Crippen LogP contribution in [0.15, 0.2) is 60.8 Å². The molecule has 1 saturated heterocycles. The first-order chi connectivity index (χ1) is 16.9. The molecule has 8 heteroatoms. The van der Waals surface area contributed by atoms with E-state index < -0.39 is 5.97 Å². The first-order valence-electron chi connectivity index (χ1n) is 11.6. The van der Waals surface area contributed by atoms with Crippen LogP contribution >= 0.6 is 0 Å². The van der Waals surface area contributed by atoms with Crippen molar-refractivity contribution in [2.45, 2.75) is 19.3 Å². The Bertz CT molecular complexity index is 1170. The van der Waals surface area contributed by atoms with Crippen LogP contribution in [-0.2, 0) is 11.2 Å². The number of rotatable bonds is 8. The van der Waals surface area contributed by atoms with Crippen molar-refractivity contribution < 1.29 is 24.2 Å². The predicted octanol–water partition coefficient (Wildman–Crippen LogP) is 4.99. The first-order valence-corrected chi connectivity index (χ1v) is 11.6. The number of carboxylic acid groups (broad SMARTS) is 1. The summed E-state index contributed by atoms with van der Waals surface area (Å²) >= 11 is 0. The van der Waals surface area contributed by atoms with Gasteiger partial charge in [0.2, 0.25) is 0 Å². The highest BCUT2D eigenvalue weighted by molar-refractivity contribution is 5.94. The molecule has 1 aliphatic heterocycles. The molecule has 0 aliphatic carbocycles. The van der Waals surface area contributed by atoms with Gasteiger partial charge in [-0.25, -0.2) is 9.78 Å². The van der Waals surface area contributed by atoms with Crippen LogP contribution in [0.1, 0.15) is 39.1 Å². The molecule has 0 spiro atoms. The molecule has 1 aromatic heterocycles. The van der Waals surface area contributed by atoms with E-state index >= 15 is 0 Å². The summed E-state index contributed by atoms with van der Waals surface area (Å²) in [6, 6.07) is 16.1. The van der Waals surface area contributed by atoms with E-state index in [1.54, 1.807) is 44.4 Å². The van der Waals surface area contributed by atoms with Gasteiger partial charge >= 0.3 is 5.97 Å². The number of aromatic carboxylic acids is 1. The number of carbonyl (C=O) groups excluding carboxylic acids is 1. The summed E-state index contributed by atoms with van der Waals surface area (Å²) in [4.78, 5) is 29.0. The molecular formula is C27H29N3O5. The van der Waals surface area contributed by atoms with Crippen LogP contribution in [0.4, 0.5) is 11.5 Å². The number of nitrogens with one attached hydrogen (secondary N) is 1. The summed E-state index contributed by atoms with van der Waals surface area (Å²) < 4.78 is 11.7. The molecule has 8 nitrogen and oxygen atoms in total. The van der Waals surface area contributed by atoms with Gasteiger partial charge in [-0.1, -0.05) is 0 Å². The van der Waals surface area contributed by atoms with Crippen LogP contribution in [-0.4, -0.2) is 54.2 Å². The molecule has 4 rings (SSSR count). The summed E-state index contributed by atoms with van der Waals surface area (Å²) in [5.74, 6) is 1.39. The summed E-state index contributed by atoms with van der Waals surface area (Å²) in [5, 5.41) is 12.3. The van der Waals surface area contributed by atoms with E-state index in [0.29, 0.717) is 23.0 Å². The molecule has 2 heterocycles. The van der Waals surface area contributed by atoms with Gasteiger partial charge in [-0.3, -0.25) is 4.79 Å². The van der Waals surface area contributed by atoms with Crippen molar-refractivity contribution >= 4 is 23.4 Å². The van der Waals surface area contributed by atoms with Gasteiger partial charge in [0.25, 0.3) is 5.91 Å². The van der Waals surface area contributed by atoms with Crippen molar-refractivity contribution in [3.63, 3.8) is 0 Å². The highest BCUT2D eigenvalue weighted by atomic mass is 16.5. The Morgan fingerprint density at radius 1 is 1.06 bits per heavy atom. The van der Waals surface area contributed by atoms with Gasteiger partial charge in [0.15, 0.2) is 0 Å². The molecule has 0 unspecified atom stereocenters. The summed E-state index contributed by atoms with van der Waals surface area (Å²) in [5.41, 5.74) is 2.63. The van der Waals surface area contributed by atoms with E-state index in [1.807, 2.05) is 18.2 Å². The zero-order chi connectivity index (χ0) is 24.8. The minimum absolute atomic E-state index is 0.0582. The van der Waals surface area contributed by atoms with Crippen molar-refractivity contribution in [3.8, 4) is 11.5 Å². The van der Waals surface area contributed by atoms with Crippen LogP contribution in [0.25, 0.3) is 0 Å². The molecule has 35 heavy (non-hydrogen) atoms. The van der Waals surface area contributed by atoms with Crippen molar-refractivity contribution in [1.82, 2.24) is 9.88 Å². The minimum Gasteiger partial charge on any atom is -0.478 e. The monoisotopic (exact) mass is 475 g/mol. The second kappa shape index (κ2) is 11.0. The molecule has 0 saturated carbocycles. The number of ether oxygens (including phenoxy) is 2. The Morgan fingerprint density at radius 3 is 2.40 bits per heavy atom. The van der Waals surface area contributed by atoms with E-state index in [-0.39, 0.29) is 11.5 Å². The van der Waals surface area contributed by atoms with Crippen molar-refractivity contribution in [1.29, 1.82) is 0 Å². The van der Waals surface area contributed by atoms with E-state index in [9.17, 15) is 9.59 Å². The number of aromatic nitrogens is 1. The Labute approximate surface area is 204 Å². The average Bonchev–Trinajstić information content (AvgIpc) is 2.86. The second-order valence-electron chi connectivity index (χ2n) is 8.77. The van der Waals surface area contributed by atoms with Gasteiger partial charge in [0.1, 0.15) is 17.3 Å². The van der Waals surface area contributed by atoms with E-state index in [1.165, 1.54) is 17.2 Å². The number of anilines is 2. The van der Waals surface area contributed by atoms with Gasteiger partial charge < -0.3 is 24.8 Å². The molecule has 0 atom stereocenters. The summed E-state index contributed by atoms with van der Waals surface area (Å²) in [6.45, 7) is 1.53. The lowest BCUT2D eigenvalue weighted by Gasteiger charge is -2.23. The quantitative estimate of drug-likeness (QED) is 0.473. The van der Waals surface area contributed by atoms with Gasteiger partial charge in [-0.05, 0) is 85.3 Å². The van der Waals surface area contributed by atoms with Gasteiger partial charge in [0.05, 0.1) is 5.56 Å². The van der Waals surface area contributed by atoms with Crippen LogP contribution < -0.4 is 10.1 Å². The highest BCUT2D eigenvalue weighted by Gasteiger charge is 2.18. The smallest absolute Gasteiger partial charge is 0.337 e. The number of hydrogen-bond donors (Lipinski definition) is 2. The summed E-state index contributed by atoms with van der Waals surface area (Å²) in [7, 11) is 3.45. The first kappa shape index (κ1) is 24.2. The molecule has 2 N–H and O–H groups in total. The third kappa shape index (κ3) is 6.36. The van der Waals surface area contributed by atoms with Gasteiger partial charge in [-0.2, -0.15) is 0 Å². The maximum Gasteiger partial charge on any atom is 0.337 e. The third-order valence-corrected chi connectivity index (χ3v) is 5.93. The van der Waals surface area contributed by atoms with E-state index in [2.05, 4.69) is 10.3 Å². The molecule has 0 bridgehead atoms. The van der Waals surface area contributed by atoms with Crippen molar-refractivity contribution in [2.75, 3.05) is 32.6 Å². The lowest BCUT2D eigenvalue weighted by Crippen LogP contribution is -2.21. The van der Waals surface area contributed by atoms with Crippen LogP contribution in [0.2, 0.25) is 0 Å². The largest absolute Gasteiger partial charge is 0.478 e. The Hall–Kier alpha value is -3.91. The molecule has 3 aromatic rings. The fourth-order valence-corrected chi connectivity index (χ4v) is 3.97. The fourth-order valence-electron chi connectivity index (χ4n) is 3.97. The van der Waals surface area contributed by atoms with Crippen LogP contribution in [0.3, 0.4) is 0 Å². The fraction of sp³-hybridized carbons (Fsp3) is 0.296. The SMILES string of the molecule is CN(C)C(=O)c1ccc(Oc2ccc(Nc3ccc(C(=O)O)cn3)cc2CC2CCOCC2)cc1. The van der Waals surface area contributed by atoms with E-state index in [4.69, 9.17) is 14.6 Å². The highest BCUT2D eigenvalue weighted by Crippen LogP contribution is 2.33. The Morgan fingerprint density at radius 2 is 1.77 bits per heavy atom. The van der Waals surface area contributed by atoms with Crippen LogP contribution in [0, 0.1) is 5.92 Å². The third-order valence-electron chi connectivity index (χ3n) is 5.93. The molecule has 1 aliphatic rings. The number of nitrogens with zero attached hydrogens (tertiary/aromatic N) is 2. The van der Waals surface area contributed by atoms with Gasteiger partial charge in [0, 0.05) is 44.8 Å². The number of carbonyl (C=O) groups is 2. The Balaban J connectivity index is 1.55. The van der Waals surface area contributed by atoms with Crippen molar-refractivity contribution in [2.24, 2.45) is 5.92 Å². The number of carboxylic acids is 1. The number of amides is 1. The Kier molecular flexibility index (Phi) is 7.62. The standard InChI is InChI=1S/C27H29N3O5/c1-30(2)26(31)19-3-7-23(8-4-19)35-24-9-6-22(16-21(24)15-18-11-13-34-14-12-18)29-25-10-5-20(17-28-25)27(32)33/h3-10,16-18H,11-15H2,1-2H3,(H,28,29)(H,32,33). The maximum atomic E-state index is 12.2. The number of pyridine rings is 1. The molecular weight excluding hydrogens is 446 g/mol. The second-order valence-corrected chi connectivity index (χ2v) is 8.77. The number of benzene rings is 2. The number of hydrogen-bond acceptors (Lipinski definition) is 6. The zero-order valence-corrected chi connectivity index (χ0v) is 19.9. The molecule has 0 radical (unpaired) electrons. The summed E-state index contributed by atoms with van der Waals surface area (Å²) in [6.07, 6.45) is 4.17. The van der Waals surface area contributed by atoms with Crippen LogP contribution in [0.5, 0.6) is 11.5 Å². The molecule has 1 fully saturated rings. The molecule has 2 aromatic carbocycles. The topological polar surface area (TPSA) is 101 Å². The zero-order valence-electron chi connectivity index (χ0n) is 19.9. The molecule has 182 valence electrons. The van der Waals surface area contributed by atoms with E-state index in [0.717, 1.165) is 49.5 Å². The lowest BCUT2D eigenvalue weighted by molar-refractivity contribution is 0.0663. The predicted molar refractivity (Wildman–Crippen MR) is 133 cm³/mol. The normalized spacial score (nSPS) is 13.8.